The van der Waals surface area contributed by atoms with Gasteiger partial charge in [-0.15, -0.1) is 10.2 Å². The van der Waals surface area contributed by atoms with Crippen molar-refractivity contribution in [2.45, 2.75) is 26.3 Å². The molecule has 1 aromatic carbocycles. The lowest BCUT2D eigenvalue weighted by molar-refractivity contribution is 0.251. The molecule has 2 aromatic heterocycles. The van der Waals surface area contributed by atoms with Crippen molar-refractivity contribution in [2.75, 3.05) is 23.3 Å². The van der Waals surface area contributed by atoms with Crippen LogP contribution in [0.5, 0.6) is 0 Å². The molecular formula is C21H24N6O2. The van der Waals surface area contributed by atoms with Crippen molar-refractivity contribution in [2.24, 2.45) is 5.92 Å². The number of hydrogen-bond donors (Lipinski definition) is 2. The molecule has 0 radical (unpaired) electrons. The standard InChI is InChI=1S/C21H24N6O2/c1-15-7-9-27(10-8-15)19-6-5-16(12-22-19)13-23-21(28)25-18-4-2-3-17(11-18)20-26-24-14-29-20/h2-6,11-12,14-15H,7-10,13H2,1H3,(H2,23,25,28). The second-order valence-corrected chi connectivity index (χ2v) is 7.33. The van der Waals surface area contributed by atoms with Crippen molar-refractivity contribution in [1.29, 1.82) is 0 Å². The van der Waals surface area contributed by atoms with Gasteiger partial charge >= 0.3 is 6.03 Å². The Labute approximate surface area is 169 Å². The van der Waals surface area contributed by atoms with Gasteiger partial charge in [0.1, 0.15) is 5.82 Å². The number of rotatable bonds is 5. The number of anilines is 2. The summed E-state index contributed by atoms with van der Waals surface area (Å²) in [7, 11) is 0. The van der Waals surface area contributed by atoms with Crippen LogP contribution >= 0.6 is 0 Å². The van der Waals surface area contributed by atoms with E-state index in [9.17, 15) is 4.79 Å². The van der Waals surface area contributed by atoms with E-state index in [4.69, 9.17) is 4.42 Å². The molecule has 1 fully saturated rings. The lowest BCUT2D eigenvalue weighted by atomic mass is 9.99. The van der Waals surface area contributed by atoms with Crippen molar-refractivity contribution in [1.82, 2.24) is 20.5 Å². The van der Waals surface area contributed by atoms with Gasteiger partial charge in [-0.05, 0) is 48.6 Å². The zero-order valence-corrected chi connectivity index (χ0v) is 16.3. The quantitative estimate of drug-likeness (QED) is 0.687. The van der Waals surface area contributed by atoms with E-state index in [2.05, 4.69) is 37.6 Å². The Bertz CT molecular complexity index is 934. The second-order valence-electron chi connectivity index (χ2n) is 7.33. The van der Waals surface area contributed by atoms with Crippen LogP contribution in [0.25, 0.3) is 11.5 Å². The number of nitrogens with zero attached hydrogens (tertiary/aromatic N) is 4. The number of hydrogen-bond acceptors (Lipinski definition) is 6. The highest BCUT2D eigenvalue weighted by Gasteiger charge is 2.16. The first-order valence-electron chi connectivity index (χ1n) is 9.79. The summed E-state index contributed by atoms with van der Waals surface area (Å²) in [4.78, 5) is 19.1. The van der Waals surface area contributed by atoms with Crippen LogP contribution < -0.4 is 15.5 Å². The van der Waals surface area contributed by atoms with Crippen molar-refractivity contribution in [3.8, 4) is 11.5 Å². The van der Waals surface area contributed by atoms with Gasteiger partial charge in [0.25, 0.3) is 0 Å². The minimum absolute atomic E-state index is 0.290. The van der Waals surface area contributed by atoms with Crippen molar-refractivity contribution < 1.29 is 9.21 Å². The maximum absolute atomic E-state index is 12.2. The van der Waals surface area contributed by atoms with Crippen LogP contribution in [0.3, 0.4) is 0 Å². The Morgan fingerprint density at radius 2 is 2.10 bits per heavy atom. The number of carbonyl (C=O) groups is 1. The summed E-state index contributed by atoms with van der Waals surface area (Å²) in [5.74, 6) is 2.20. The molecule has 8 heteroatoms. The van der Waals surface area contributed by atoms with Crippen molar-refractivity contribution in [3.05, 3.63) is 54.6 Å². The van der Waals surface area contributed by atoms with Gasteiger partial charge in [0.05, 0.1) is 0 Å². The molecule has 0 aliphatic carbocycles. The number of benzene rings is 1. The van der Waals surface area contributed by atoms with E-state index >= 15 is 0 Å². The molecule has 1 aliphatic heterocycles. The van der Waals surface area contributed by atoms with Gasteiger partial charge in [0.2, 0.25) is 12.3 Å². The first-order valence-corrected chi connectivity index (χ1v) is 9.79. The van der Waals surface area contributed by atoms with E-state index in [0.29, 0.717) is 18.1 Å². The van der Waals surface area contributed by atoms with Crippen LogP contribution in [0.2, 0.25) is 0 Å². The van der Waals surface area contributed by atoms with Crippen LogP contribution in [-0.4, -0.2) is 34.3 Å². The molecule has 3 heterocycles. The van der Waals surface area contributed by atoms with Crippen LogP contribution in [0.1, 0.15) is 25.3 Å². The summed E-state index contributed by atoms with van der Waals surface area (Å²) in [6.45, 7) is 4.80. The SMILES string of the molecule is CC1CCN(c2ccc(CNC(=O)Nc3cccc(-c4nnco4)c3)cn2)CC1. The maximum Gasteiger partial charge on any atom is 0.319 e. The number of carbonyl (C=O) groups excluding carboxylic acids is 1. The molecule has 0 bridgehead atoms. The summed E-state index contributed by atoms with van der Waals surface area (Å²) in [6, 6.07) is 11.0. The minimum Gasteiger partial charge on any atom is -0.423 e. The summed E-state index contributed by atoms with van der Waals surface area (Å²) in [5.41, 5.74) is 2.34. The molecular weight excluding hydrogens is 368 g/mol. The van der Waals surface area contributed by atoms with Gasteiger partial charge in [-0.3, -0.25) is 0 Å². The Balaban J connectivity index is 1.29. The summed E-state index contributed by atoms with van der Waals surface area (Å²) in [6.07, 6.45) is 5.51. The van der Waals surface area contributed by atoms with Gasteiger partial charge in [-0.1, -0.05) is 19.1 Å². The smallest absolute Gasteiger partial charge is 0.319 e. The molecule has 0 saturated carbocycles. The zero-order valence-electron chi connectivity index (χ0n) is 16.3. The van der Waals surface area contributed by atoms with Gasteiger partial charge in [-0.25, -0.2) is 9.78 Å². The first kappa shape index (κ1) is 18.9. The average Bonchev–Trinajstić information content (AvgIpc) is 3.29. The number of amides is 2. The molecule has 0 unspecified atom stereocenters. The highest BCUT2D eigenvalue weighted by Crippen LogP contribution is 2.22. The van der Waals surface area contributed by atoms with Crippen LogP contribution in [0, 0.1) is 5.92 Å². The monoisotopic (exact) mass is 392 g/mol. The molecule has 2 amide bonds. The van der Waals surface area contributed by atoms with E-state index < -0.39 is 0 Å². The molecule has 1 aliphatic rings. The summed E-state index contributed by atoms with van der Waals surface area (Å²) in [5, 5.41) is 13.2. The Hall–Kier alpha value is -3.42. The molecule has 3 aromatic rings. The fourth-order valence-corrected chi connectivity index (χ4v) is 3.33. The molecule has 29 heavy (non-hydrogen) atoms. The Kier molecular flexibility index (Phi) is 5.69. The predicted octanol–water partition coefficient (Wildman–Crippen LogP) is 3.69. The molecule has 0 spiro atoms. The molecule has 0 atom stereocenters. The second kappa shape index (κ2) is 8.72. The fourth-order valence-electron chi connectivity index (χ4n) is 3.33. The average molecular weight is 392 g/mol. The van der Waals surface area contributed by atoms with Crippen molar-refractivity contribution >= 4 is 17.5 Å². The highest BCUT2D eigenvalue weighted by atomic mass is 16.4. The fraction of sp³-hybridized carbons (Fsp3) is 0.333. The number of pyridine rings is 1. The zero-order chi connectivity index (χ0) is 20.1. The summed E-state index contributed by atoms with van der Waals surface area (Å²) < 4.78 is 5.18. The van der Waals surface area contributed by atoms with E-state index in [1.54, 1.807) is 12.1 Å². The third kappa shape index (κ3) is 4.90. The van der Waals surface area contributed by atoms with Crippen LogP contribution in [-0.2, 0) is 6.54 Å². The van der Waals surface area contributed by atoms with Gasteiger partial charge in [-0.2, -0.15) is 0 Å². The Morgan fingerprint density at radius 1 is 1.24 bits per heavy atom. The minimum atomic E-state index is -0.290. The van der Waals surface area contributed by atoms with Gasteiger partial charge < -0.3 is 20.0 Å². The highest BCUT2D eigenvalue weighted by molar-refractivity contribution is 5.89. The number of piperidine rings is 1. The molecule has 8 nitrogen and oxygen atoms in total. The molecule has 4 rings (SSSR count). The van der Waals surface area contributed by atoms with Crippen LogP contribution in [0.15, 0.2) is 53.4 Å². The lowest BCUT2D eigenvalue weighted by Crippen LogP contribution is -2.33. The third-order valence-electron chi connectivity index (χ3n) is 5.10. The maximum atomic E-state index is 12.2. The molecule has 2 N–H and O–H groups in total. The van der Waals surface area contributed by atoms with Gasteiger partial charge in [0, 0.05) is 37.1 Å². The number of aromatic nitrogens is 3. The Morgan fingerprint density at radius 3 is 2.83 bits per heavy atom. The summed E-state index contributed by atoms with van der Waals surface area (Å²) >= 11 is 0. The lowest BCUT2D eigenvalue weighted by Gasteiger charge is -2.31. The largest absolute Gasteiger partial charge is 0.423 e. The molecule has 1 saturated heterocycles. The first-order chi connectivity index (χ1) is 14.2. The van der Waals surface area contributed by atoms with E-state index in [0.717, 1.165) is 36.0 Å². The normalized spacial score (nSPS) is 14.6. The number of nitrogens with one attached hydrogen (secondary N) is 2. The molecule has 150 valence electrons. The van der Waals surface area contributed by atoms with E-state index in [1.807, 2.05) is 30.5 Å². The number of urea groups is 1. The predicted molar refractivity (Wildman–Crippen MR) is 110 cm³/mol. The topological polar surface area (TPSA) is 96.2 Å². The van der Waals surface area contributed by atoms with E-state index in [1.165, 1.54) is 19.2 Å². The van der Waals surface area contributed by atoms with Crippen LogP contribution in [0.4, 0.5) is 16.3 Å². The third-order valence-corrected chi connectivity index (χ3v) is 5.10. The van der Waals surface area contributed by atoms with E-state index in [-0.39, 0.29) is 6.03 Å². The van der Waals surface area contributed by atoms with Crippen molar-refractivity contribution in [3.63, 3.8) is 0 Å². The van der Waals surface area contributed by atoms with Gasteiger partial charge in [0.15, 0.2) is 0 Å².